The Hall–Kier alpha value is -2.43. The lowest BCUT2D eigenvalue weighted by atomic mass is 9.98. The summed E-state index contributed by atoms with van der Waals surface area (Å²) in [6.07, 6.45) is 2.34. The molecule has 1 aromatic heterocycles. The van der Waals surface area contributed by atoms with E-state index in [4.69, 9.17) is 5.11 Å². The Morgan fingerprint density at radius 3 is 2.62 bits per heavy atom. The average molecular weight is 285 g/mol. The molecule has 0 radical (unpaired) electrons. The van der Waals surface area contributed by atoms with Gasteiger partial charge in [-0.2, -0.15) is 0 Å². The zero-order chi connectivity index (χ0) is 15.3. The molecule has 0 bridgehead atoms. The normalized spacial score (nSPS) is 11.1. The molecule has 110 valence electrons. The summed E-state index contributed by atoms with van der Waals surface area (Å²) in [5.41, 5.74) is 0.602. The standard InChI is InChI=1S/C16H19N3O2/c1-16(2,10-8-14(20)21)19-13-9-11-17-15(18-13)12-6-4-3-5-7-12/h3-7,9,11H,8,10H2,1-2H3,(H,20,21)(H,17,18,19). The van der Waals surface area contributed by atoms with Crippen LogP contribution in [0.15, 0.2) is 42.6 Å². The average Bonchev–Trinajstić information content (AvgIpc) is 2.46. The van der Waals surface area contributed by atoms with Gasteiger partial charge in [0.1, 0.15) is 5.82 Å². The zero-order valence-corrected chi connectivity index (χ0v) is 12.2. The summed E-state index contributed by atoms with van der Waals surface area (Å²) in [6.45, 7) is 3.92. The van der Waals surface area contributed by atoms with Gasteiger partial charge in [0.25, 0.3) is 0 Å². The first-order valence-electron chi connectivity index (χ1n) is 6.85. The number of rotatable bonds is 6. The summed E-state index contributed by atoms with van der Waals surface area (Å²) in [5, 5.41) is 12.1. The minimum absolute atomic E-state index is 0.122. The highest BCUT2D eigenvalue weighted by molar-refractivity contribution is 5.67. The zero-order valence-electron chi connectivity index (χ0n) is 12.2. The molecule has 1 heterocycles. The van der Waals surface area contributed by atoms with Crippen molar-refractivity contribution in [2.75, 3.05) is 5.32 Å². The van der Waals surface area contributed by atoms with Gasteiger partial charge in [0.05, 0.1) is 0 Å². The third-order valence-electron chi connectivity index (χ3n) is 3.12. The molecule has 5 heteroatoms. The molecule has 0 saturated carbocycles. The lowest BCUT2D eigenvalue weighted by Gasteiger charge is -2.26. The third-order valence-corrected chi connectivity index (χ3v) is 3.12. The van der Waals surface area contributed by atoms with Crippen LogP contribution in [-0.2, 0) is 4.79 Å². The fourth-order valence-corrected chi connectivity index (χ4v) is 1.98. The summed E-state index contributed by atoms with van der Waals surface area (Å²) >= 11 is 0. The Balaban J connectivity index is 2.13. The second-order valence-corrected chi connectivity index (χ2v) is 5.53. The van der Waals surface area contributed by atoms with Crippen LogP contribution in [0.2, 0.25) is 0 Å². The number of aliphatic carboxylic acids is 1. The molecule has 2 rings (SSSR count). The van der Waals surface area contributed by atoms with E-state index in [9.17, 15) is 4.79 Å². The van der Waals surface area contributed by atoms with Crippen LogP contribution in [0.3, 0.4) is 0 Å². The largest absolute Gasteiger partial charge is 0.481 e. The van der Waals surface area contributed by atoms with Crippen LogP contribution in [0, 0.1) is 0 Å². The molecule has 0 saturated heterocycles. The van der Waals surface area contributed by atoms with Crippen LogP contribution in [-0.4, -0.2) is 26.6 Å². The van der Waals surface area contributed by atoms with E-state index in [0.29, 0.717) is 18.1 Å². The lowest BCUT2D eigenvalue weighted by molar-refractivity contribution is -0.137. The quantitative estimate of drug-likeness (QED) is 0.852. The van der Waals surface area contributed by atoms with Crippen LogP contribution < -0.4 is 5.32 Å². The van der Waals surface area contributed by atoms with Crippen LogP contribution in [0.25, 0.3) is 11.4 Å². The van der Waals surface area contributed by atoms with Gasteiger partial charge >= 0.3 is 5.97 Å². The number of aromatic nitrogens is 2. The van der Waals surface area contributed by atoms with Gasteiger partial charge in [-0.1, -0.05) is 30.3 Å². The van der Waals surface area contributed by atoms with Gasteiger partial charge in [0.15, 0.2) is 5.82 Å². The summed E-state index contributed by atoms with van der Waals surface area (Å²) in [4.78, 5) is 19.4. The first kappa shape index (κ1) is 15.0. The molecule has 21 heavy (non-hydrogen) atoms. The second kappa shape index (κ2) is 6.35. The maximum absolute atomic E-state index is 10.7. The van der Waals surface area contributed by atoms with Crippen molar-refractivity contribution in [1.29, 1.82) is 0 Å². The minimum atomic E-state index is -0.794. The highest BCUT2D eigenvalue weighted by Gasteiger charge is 2.19. The van der Waals surface area contributed by atoms with Gasteiger partial charge in [-0.3, -0.25) is 4.79 Å². The maximum atomic E-state index is 10.7. The van der Waals surface area contributed by atoms with Crippen molar-refractivity contribution in [2.45, 2.75) is 32.2 Å². The number of hydrogen-bond donors (Lipinski definition) is 2. The van der Waals surface area contributed by atoms with E-state index >= 15 is 0 Å². The third kappa shape index (κ3) is 4.56. The molecule has 0 spiro atoms. The number of carboxylic acid groups (broad SMARTS) is 1. The molecule has 0 fully saturated rings. The van der Waals surface area contributed by atoms with Gasteiger partial charge in [0.2, 0.25) is 0 Å². The number of carbonyl (C=O) groups is 1. The smallest absolute Gasteiger partial charge is 0.303 e. The van der Waals surface area contributed by atoms with Crippen LogP contribution in [0.4, 0.5) is 5.82 Å². The van der Waals surface area contributed by atoms with E-state index in [2.05, 4.69) is 15.3 Å². The monoisotopic (exact) mass is 285 g/mol. The van der Waals surface area contributed by atoms with Crippen molar-refractivity contribution < 1.29 is 9.90 Å². The van der Waals surface area contributed by atoms with Gasteiger partial charge < -0.3 is 10.4 Å². The first-order chi connectivity index (χ1) is 9.96. The Bertz CT molecular complexity index is 612. The Morgan fingerprint density at radius 2 is 1.95 bits per heavy atom. The molecule has 2 aromatic rings. The van der Waals surface area contributed by atoms with E-state index in [1.54, 1.807) is 12.3 Å². The van der Waals surface area contributed by atoms with Crippen LogP contribution >= 0.6 is 0 Å². The van der Waals surface area contributed by atoms with E-state index in [-0.39, 0.29) is 12.0 Å². The minimum Gasteiger partial charge on any atom is -0.481 e. The molecule has 0 amide bonds. The Labute approximate surface area is 124 Å². The molecule has 0 unspecified atom stereocenters. The van der Waals surface area contributed by atoms with Gasteiger partial charge in [0, 0.05) is 23.7 Å². The molecule has 5 nitrogen and oxygen atoms in total. The maximum Gasteiger partial charge on any atom is 0.303 e. The van der Waals surface area contributed by atoms with E-state index in [1.165, 1.54) is 0 Å². The van der Waals surface area contributed by atoms with E-state index in [0.717, 1.165) is 5.56 Å². The number of nitrogens with zero attached hydrogens (tertiary/aromatic N) is 2. The molecule has 2 N–H and O–H groups in total. The van der Waals surface area contributed by atoms with Crippen molar-refractivity contribution >= 4 is 11.8 Å². The fraction of sp³-hybridized carbons (Fsp3) is 0.312. The fourth-order valence-electron chi connectivity index (χ4n) is 1.98. The van der Waals surface area contributed by atoms with E-state index < -0.39 is 5.97 Å². The number of nitrogens with one attached hydrogen (secondary N) is 1. The highest BCUT2D eigenvalue weighted by Crippen LogP contribution is 2.20. The van der Waals surface area contributed by atoms with Gasteiger partial charge in [-0.25, -0.2) is 9.97 Å². The van der Waals surface area contributed by atoms with Crippen LogP contribution in [0.5, 0.6) is 0 Å². The molecule has 0 atom stereocenters. The predicted octanol–water partition coefficient (Wildman–Crippen LogP) is 3.20. The molecule has 1 aromatic carbocycles. The number of hydrogen-bond acceptors (Lipinski definition) is 4. The number of benzene rings is 1. The van der Waals surface area contributed by atoms with Gasteiger partial charge in [-0.05, 0) is 26.3 Å². The van der Waals surface area contributed by atoms with Crippen LogP contribution in [0.1, 0.15) is 26.7 Å². The predicted molar refractivity (Wildman–Crippen MR) is 82.0 cm³/mol. The summed E-state index contributed by atoms with van der Waals surface area (Å²) in [7, 11) is 0. The van der Waals surface area contributed by atoms with Crippen molar-refractivity contribution in [1.82, 2.24) is 9.97 Å². The second-order valence-electron chi connectivity index (χ2n) is 5.53. The number of anilines is 1. The number of carboxylic acids is 1. The summed E-state index contributed by atoms with van der Waals surface area (Å²) in [5.74, 6) is 0.548. The topological polar surface area (TPSA) is 75.1 Å². The Morgan fingerprint density at radius 1 is 1.24 bits per heavy atom. The molecule has 0 aliphatic rings. The van der Waals surface area contributed by atoms with Gasteiger partial charge in [-0.15, -0.1) is 0 Å². The van der Waals surface area contributed by atoms with E-state index in [1.807, 2.05) is 44.2 Å². The highest BCUT2D eigenvalue weighted by atomic mass is 16.4. The summed E-state index contributed by atoms with van der Waals surface area (Å²) < 4.78 is 0. The lowest BCUT2D eigenvalue weighted by Crippen LogP contribution is -2.32. The first-order valence-corrected chi connectivity index (χ1v) is 6.85. The molecular formula is C16H19N3O2. The molecular weight excluding hydrogens is 266 g/mol. The van der Waals surface area contributed by atoms with Crippen molar-refractivity contribution in [3.8, 4) is 11.4 Å². The van der Waals surface area contributed by atoms with Crippen molar-refractivity contribution in [3.05, 3.63) is 42.6 Å². The summed E-state index contributed by atoms with van der Waals surface area (Å²) in [6, 6.07) is 11.5. The molecule has 0 aliphatic heterocycles. The van der Waals surface area contributed by atoms with Crippen molar-refractivity contribution in [2.24, 2.45) is 0 Å². The molecule has 0 aliphatic carbocycles. The Kier molecular flexibility index (Phi) is 4.52. The van der Waals surface area contributed by atoms with Crippen molar-refractivity contribution in [3.63, 3.8) is 0 Å². The SMILES string of the molecule is CC(C)(CCC(=O)O)Nc1ccnc(-c2ccccc2)n1.